The van der Waals surface area contributed by atoms with Crippen LogP contribution in [0.1, 0.15) is 51.0 Å². The minimum Gasteiger partial charge on any atom is -0.356 e. The number of carbonyl (C=O) groups is 1. The quantitative estimate of drug-likeness (QED) is 0.212. The van der Waals surface area contributed by atoms with Gasteiger partial charge >= 0.3 is 0 Å². The topological polar surface area (TPSA) is 60.0 Å². The highest BCUT2D eigenvalue weighted by Crippen LogP contribution is 2.21. The molecule has 0 aromatic heterocycles. The molecule has 2 heterocycles. The first-order valence-electron chi connectivity index (χ1n) is 12.2. The molecule has 0 spiro atoms. The van der Waals surface area contributed by atoms with Gasteiger partial charge in [-0.1, -0.05) is 37.3 Å². The minimum atomic E-state index is 0. The van der Waals surface area contributed by atoms with Crippen molar-refractivity contribution in [2.45, 2.75) is 57.9 Å². The van der Waals surface area contributed by atoms with Crippen LogP contribution in [0.5, 0.6) is 0 Å². The number of guanidine groups is 1. The van der Waals surface area contributed by atoms with Gasteiger partial charge in [0.05, 0.1) is 0 Å². The standard InChI is InChI=1S/C25H41N5O.HI/c1-3-24(31)30-18-13-23(20-30)28-25(26-2)27-14-7-8-15-29-16-11-22(12-17-29)19-21-9-5-4-6-10-21;/h4-6,9-10,22-23H,3,7-8,11-20H2,1-2H3,(H2,26,27,28);1H. The smallest absolute Gasteiger partial charge is 0.222 e. The van der Waals surface area contributed by atoms with E-state index >= 15 is 0 Å². The molecule has 7 heteroatoms. The lowest BCUT2D eigenvalue weighted by molar-refractivity contribution is -0.129. The van der Waals surface area contributed by atoms with Gasteiger partial charge in [0.25, 0.3) is 0 Å². The highest BCUT2D eigenvalue weighted by atomic mass is 127. The van der Waals surface area contributed by atoms with Crippen LogP contribution in [0.4, 0.5) is 0 Å². The minimum absolute atomic E-state index is 0. The summed E-state index contributed by atoms with van der Waals surface area (Å²) in [6.07, 6.45) is 7.82. The van der Waals surface area contributed by atoms with Gasteiger partial charge < -0.3 is 20.4 Å². The van der Waals surface area contributed by atoms with Crippen molar-refractivity contribution in [3.05, 3.63) is 35.9 Å². The molecule has 0 radical (unpaired) electrons. The zero-order chi connectivity index (χ0) is 21.9. The Bertz CT molecular complexity index is 691. The molecule has 1 aromatic carbocycles. The molecule has 32 heavy (non-hydrogen) atoms. The maximum atomic E-state index is 11.8. The van der Waals surface area contributed by atoms with Gasteiger partial charge in [0.1, 0.15) is 0 Å². The van der Waals surface area contributed by atoms with E-state index in [0.29, 0.717) is 12.5 Å². The number of nitrogens with zero attached hydrogens (tertiary/aromatic N) is 3. The van der Waals surface area contributed by atoms with E-state index in [-0.39, 0.29) is 29.9 Å². The van der Waals surface area contributed by atoms with Crippen LogP contribution in [0.15, 0.2) is 35.3 Å². The van der Waals surface area contributed by atoms with E-state index in [4.69, 9.17) is 0 Å². The van der Waals surface area contributed by atoms with E-state index in [9.17, 15) is 4.79 Å². The van der Waals surface area contributed by atoms with Crippen LogP contribution >= 0.6 is 24.0 Å². The summed E-state index contributed by atoms with van der Waals surface area (Å²) in [6.45, 7) is 8.18. The van der Waals surface area contributed by atoms with Crippen LogP contribution in [0.2, 0.25) is 0 Å². The third kappa shape index (κ3) is 8.89. The van der Waals surface area contributed by atoms with Crippen LogP contribution in [-0.4, -0.2) is 74.0 Å². The SMILES string of the molecule is CCC(=O)N1CCC(NC(=NC)NCCCCN2CCC(Cc3ccccc3)CC2)C1.I. The number of rotatable bonds is 9. The number of amides is 1. The molecular formula is C25H42IN5O. The largest absolute Gasteiger partial charge is 0.356 e. The van der Waals surface area contributed by atoms with Crippen LogP contribution in [0.25, 0.3) is 0 Å². The monoisotopic (exact) mass is 555 g/mol. The number of hydrogen-bond acceptors (Lipinski definition) is 3. The highest BCUT2D eigenvalue weighted by molar-refractivity contribution is 14.0. The molecule has 2 saturated heterocycles. The predicted molar refractivity (Wildman–Crippen MR) is 144 cm³/mol. The first-order chi connectivity index (χ1) is 15.2. The van der Waals surface area contributed by atoms with Gasteiger partial charge in [0.2, 0.25) is 5.91 Å². The van der Waals surface area contributed by atoms with E-state index in [1.165, 1.54) is 50.9 Å². The van der Waals surface area contributed by atoms with Crippen molar-refractivity contribution < 1.29 is 4.79 Å². The summed E-state index contributed by atoms with van der Waals surface area (Å²) in [4.78, 5) is 20.8. The number of piperidine rings is 1. The Morgan fingerprint density at radius 3 is 2.53 bits per heavy atom. The van der Waals surface area contributed by atoms with Crippen molar-refractivity contribution in [3.63, 3.8) is 0 Å². The number of hydrogen-bond donors (Lipinski definition) is 2. The number of halogens is 1. The summed E-state index contributed by atoms with van der Waals surface area (Å²) >= 11 is 0. The van der Waals surface area contributed by atoms with Gasteiger partial charge in [-0.15, -0.1) is 24.0 Å². The van der Waals surface area contributed by atoms with Gasteiger partial charge in [0, 0.05) is 39.1 Å². The summed E-state index contributed by atoms with van der Waals surface area (Å²) in [5, 5.41) is 6.92. The third-order valence-corrected chi connectivity index (χ3v) is 6.68. The normalized spacial score (nSPS) is 20.1. The fourth-order valence-electron chi connectivity index (χ4n) is 4.74. The molecule has 0 saturated carbocycles. The summed E-state index contributed by atoms with van der Waals surface area (Å²) < 4.78 is 0. The van der Waals surface area contributed by atoms with Crippen LogP contribution in [0.3, 0.4) is 0 Å². The van der Waals surface area contributed by atoms with Crippen molar-refractivity contribution in [1.29, 1.82) is 0 Å². The van der Waals surface area contributed by atoms with E-state index in [1.54, 1.807) is 0 Å². The van der Waals surface area contributed by atoms with Crippen LogP contribution in [-0.2, 0) is 11.2 Å². The summed E-state index contributed by atoms with van der Waals surface area (Å²) in [6, 6.07) is 11.2. The molecule has 180 valence electrons. The molecule has 2 aliphatic rings. The second-order valence-corrected chi connectivity index (χ2v) is 9.00. The molecule has 1 aromatic rings. The molecule has 3 rings (SSSR count). The van der Waals surface area contributed by atoms with Crippen molar-refractivity contribution in [3.8, 4) is 0 Å². The lowest BCUT2D eigenvalue weighted by atomic mass is 9.90. The van der Waals surface area contributed by atoms with E-state index < -0.39 is 0 Å². The maximum absolute atomic E-state index is 11.8. The summed E-state index contributed by atoms with van der Waals surface area (Å²) in [5.41, 5.74) is 1.48. The summed E-state index contributed by atoms with van der Waals surface area (Å²) in [5.74, 6) is 1.95. The molecular weight excluding hydrogens is 513 g/mol. The first-order valence-corrected chi connectivity index (χ1v) is 12.2. The van der Waals surface area contributed by atoms with Crippen LogP contribution in [0, 0.1) is 5.92 Å². The molecule has 2 aliphatic heterocycles. The Labute approximate surface area is 211 Å². The zero-order valence-corrected chi connectivity index (χ0v) is 22.2. The molecule has 2 N–H and O–H groups in total. The number of benzene rings is 1. The van der Waals surface area contributed by atoms with Crippen molar-refractivity contribution in [1.82, 2.24) is 20.4 Å². The lowest BCUT2D eigenvalue weighted by Crippen LogP contribution is -2.45. The molecule has 0 bridgehead atoms. The fraction of sp³-hybridized carbons (Fsp3) is 0.680. The van der Waals surface area contributed by atoms with Crippen molar-refractivity contribution >= 4 is 35.8 Å². The molecule has 2 fully saturated rings. The zero-order valence-electron chi connectivity index (χ0n) is 19.9. The van der Waals surface area contributed by atoms with E-state index in [1.807, 2.05) is 18.9 Å². The first kappa shape index (κ1) is 26.9. The number of carbonyl (C=O) groups excluding carboxylic acids is 1. The predicted octanol–water partition coefficient (Wildman–Crippen LogP) is 3.52. The highest BCUT2D eigenvalue weighted by Gasteiger charge is 2.25. The Morgan fingerprint density at radius 2 is 1.84 bits per heavy atom. The number of unbranched alkanes of at least 4 members (excludes halogenated alkanes) is 1. The molecule has 1 amide bonds. The summed E-state index contributed by atoms with van der Waals surface area (Å²) in [7, 11) is 1.82. The van der Waals surface area contributed by atoms with E-state index in [0.717, 1.165) is 44.4 Å². The Balaban J connectivity index is 0.00000363. The average molecular weight is 556 g/mol. The Hall–Kier alpha value is -1.35. The van der Waals surface area contributed by atoms with Crippen molar-refractivity contribution in [2.24, 2.45) is 10.9 Å². The van der Waals surface area contributed by atoms with Crippen LogP contribution < -0.4 is 10.6 Å². The fourth-order valence-corrected chi connectivity index (χ4v) is 4.74. The van der Waals surface area contributed by atoms with Crippen molar-refractivity contribution in [2.75, 3.05) is 46.3 Å². The number of nitrogens with one attached hydrogen (secondary N) is 2. The molecule has 6 nitrogen and oxygen atoms in total. The lowest BCUT2D eigenvalue weighted by Gasteiger charge is -2.32. The average Bonchev–Trinajstić information content (AvgIpc) is 3.28. The molecule has 1 unspecified atom stereocenters. The van der Waals surface area contributed by atoms with Gasteiger partial charge in [-0.25, -0.2) is 0 Å². The Morgan fingerprint density at radius 1 is 1.09 bits per heavy atom. The molecule has 1 atom stereocenters. The van der Waals surface area contributed by atoms with Gasteiger partial charge in [0.15, 0.2) is 5.96 Å². The second-order valence-electron chi connectivity index (χ2n) is 9.00. The second kappa shape index (κ2) is 14.7. The molecule has 0 aliphatic carbocycles. The van der Waals surface area contributed by atoms with Gasteiger partial charge in [-0.2, -0.15) is 0 Å². The van der Waals surface area contributed by atoms with Gasteiger partial charge in [-0.3, -0.25) is 9.79 Å². The van der Waals surface area contributed by atoms with E-state index in [2.05, 4.69) is 50.9 Å². The Kier molecular flexibility index (Phi) is 12.4. The number of aliphatic imine (C=N–C) groups is 1. The van der Waals surface area contributed by atoms with Gasteiger partial charge in [-0.05, 0) is 69.6 Å². The maximum Gasteiger partial charge on any atom is 0.222 e. The third-order valence-electron chi connectivity index (χ3n) is 6.68. The number of likely N-dealkylation sites (tertiary alicyclic amines) is 2.